The second kappa shape index (κ2) is 14.2. The number of hydrogen-bond donors (Lipinski definition) is 1. The summed E-state index contributed by atoms with van der Waals surface area (Å²) in [5.41, 5.74) is 2.63. The van der Waals surface area contributed by atoms with Crippen molar-refractivity contribution in [3.05, 3.63) is 89.9 Å². The van der Waals surface area contributed by atoms with Gasteiger partial charge in [0.2, 0.25) is 5.91 Å². The van der Waals surface area contributed by atoms with Gasteiger partial charge in [-0.1, -0.05) is 11.3 Å². The summed E-state index contributed by atoms with van der Waals surface area (Å²) in [5, 5.41) is 8.16. The zero-order valence-corrected chi connectivity index (χ0v) is 28.0. The van der Waals surface area contributed by atoms with Crippen LogP contribution in [0.5, 0.6) is 11.5 Å². The van der Waals surface area contributed by atoms with Gasteiger partial charge in [-0.3, -0.25) is 19.3 Å². The Morgan fingerprint density at radius 1 is 0.902 bits per heavy atom. The number of rotatable bonds is 9. The fourth-order valence-corrected chi connectivity index (χ4v) is 6.74. The van der Waals surface area contributed by atoms with Gasteiger partial charge in [0.05, 0.1) is 38.2 Å². The molecular weight excluding hydrogens is 665 g/mol. The van der Waals surface area contributed by atoms with Crippen molar-refractivity contribution in [2.75, 3.05) is 58.4 Å². The Balaban J connectivity index is 1.18. The van der Waals surface area contributed by atoms with Crippen LogP contribution in [0.15, 0.2) is 61.2 Å². The monoisotopic (exact) mass is 700 g/mol. The number of halogens is 3. The predicted molar refractivity (Wildman–Crippen MR) is 183 cm³/mol. The van der Waals surface area contributed by atoms with Crippen molar-refractivity contribution in [1.29, 1.82) is 0 Å². The number of H-pyrrole nitrogens is 1. The van der Waals surface area contributed by atoms with Crippen molar-refractivity contribution in [3.63, 3.8) is 0 Å². The van der Waals surface area contributed by atoms with Gasteiger partial charge in [0.15, 0.2) is 23.2 Å². The number of aryl methyl sites for hydroxylation is 1. The highest BCUT2D eigenvalue weighted by molar-refractivity contribution is 6.05. The van der Waals surface area contributed by atoms with Gasteiger partial charge in [0.25, 0.3) is 5.91 Å². The summed E-state index contributed by atoms with van der Waals surface area (Å²) < 4.78 is 57.7. The molecule has 2 aliphatic rings. The first-order valence-corrected chi connectivity index (χ1v) is 16.5. The van der Waals surface area contributed by atoms with Gasteiger partial charge >= 0.3 is 0 Å². The van der Waals surface area contributed by atoms with Crippen LogP contribution in [0.3, 0.4) is 0 Å². The van der Waals surface area contributed by atoms with Gasteiger partial charge in [-0.2, -0.15) is 0 Å². The number of aromatic nitrogens is 5. The number of nitrogens with zero attached hydrogens (tertiary/aromatic N) is 7. The molecule has 0 radical (unpaired) electrons. The molecule has 1 saturated heterocycles. The van der Waals surface area contributed by atoms with Crippen molar-refractivity contribution in [1.82, 2.24) is 34.8 Å². The fourth-order valence-electron chi connectivity index (χ4n) is 6.74. The van der Waals surface area contributed by atoms with Crippen LogP contribution in [-0.4, -0.2) is 100 Å². The molecule has 15 heteroatoms. The maximum absolute atomic E-state index is 16.6. The number of carbonyl (C=O) groups is 2. The average Bonchev–Trinajstić information content (AvgIpc) is 3.86. The molecule has 2 aromatic carbocycles. The first-order valence-electron chi connectivity index (χ1n) is 16.5. The Morgan fingerprint density at radius 2 is 1.73 bits per heavy atom. The molecule has 0 unspecified atom stereocenters. The van der Waals surface area contributed by atoms with Crippen LogP contribution in [0, 0.1) is 17.5 Å². The van der Waals surface area contributed by atoms with E-state index in [0.717, 1.165) is 6.07 Å². The third-order valence-corrected chi connectivity index (χ3v) is 9.39. The van der Waals surface area contributed by atoms with E-state index < -0.39 is 23.2 Å². The van der Waals surface area contributed by atoms with E-state index in [9.17, 15) is 18.4 Å². The van der Waals surface area contributed by atoms with Crippen molar-refractivity contribution in [3.8, 4) is 22.6 Å². The van der Waals surface area contributed by atoms with E-state index >= 15 is 4.39 Å². The van der Waals surface area contributed by atoms with Crippen LogP contribution in [-0.2, 0) is 11.3 Å². The molecule has 1 fully saturated rings. The molecule has 1 N–H and O–H groups in total. The summed E-state index contributed by atoms with van der Waals surface area (Å²) >= 11 is 0. The summed E-state index contributed by atoms with van der Waals surface area (Å²) in [6.45, 7) is 2.16. The zero-order chi connectivity index (χ0) is 35.6. The molecule has 0 spiro atoms. The lowest BCUT2D eigenvalue weighted by molar-refractivity contribution is -0.131. The van der Waals surface area contributed by atoms with Gasteiger partial charge < -0.3 is 29.2 Å². The number of methoxy groups -OCH3 is 2. The molecule has 264 valence electrons. The van der Waals surface area contributed by atoms with Crippen LogP contribution in [0.4, 0.5) is 18.9 Å². The third kappa shape index (κ3) is 6.46. The molecule has 0 saturated carbocycles. The number of piperazine rings is 1. The summed E-state index contributed by atoms with van der Waals surface area (Å²) in [4.78, 5) is 39.4. The Bertz CT molecular complexity index is 2130. The maximum Gasteiger partial charge on any atom is 0.270 e. The first-order chi connectivity index (χ1) is 24.8. The van der Waals surface area contributed by atoms with E-state index in [1.807, 2.05) is 6.08 Å². The molecule has 0 bridgehead atoms. The van der Waals surface area contributed by atoms with E-state index in [0.29, 0.717) is 52.9 Å². The lowest BCUT2D eigenvalue weighted by Gasteiger charge is -2.36. The highest BCUT2D eigenvalue weighted by atomic mass is 19.1. The quantitative estimate of drug-likeness (QED) is 0.230. The normalized spacial score (nSPS) is 14.9. The van der Waals surface area contributed by atoms with E-state index in [1.165, 1.54) is 20.3 Å². The van der Waals surface area contributed by atoms with Gasteiger partial charge in [-0.05, 0) is 47.9 Å². The Labute approximate surface area is 291 Å². The van der Waals surface area contributed by atoms with Gasteiger partial charge in [-0.25, -0.2) is 13.2 Å². The molecule has 2 amide bonds. The number of amides is 2. The second-order valence-corrected chi connectivity index (χ2v) is 12.3. The molecule has 3 aromatic heterocycles. The largest absolute Gasteiger partial charge is 0.496 e. The van der Waals surface area contributed by atoms with E-state index in [1.54, 1.807) is 62.4 Å². The molecule has 5 heterocycles. The number of carbonyl (C=O) groups excluding carboxylic acids is 2. The van der Waals surface area contributed by atoms with Gasteiger partial charge in [0, 0.05) is 80.8 Å². The molecule has 0 atom stereocenters. The van der Waals surface area contributed by atoms with E-state index in [2.05, 4.69) is 20.3 Å². The minimum Gasteiger partial charge on any atom is -0.496 e. The van der Waals surface area contributed by atoms with Gasteiger partial charge in [-0.15, -0.1) is 5.10 Å². The SMILES string of the molecule is COc1ccncc1-c1cc(C2=CCCN(C(=O)CCn3ccnn3)C2)c(F)c2[nH]c(C(=O)N3CCN(c4ccc(F)c(OC)c4F)CC3)cc12. The van der Waals surface area contributed by atoms with Crippen molar-refractivity contribution in [2.24, 2.45) is 0 Å². The molecule has 0 aliphatic carbocycles. The fraction of sp³-hybridized carbons (Fsp3) is 0.306. The lowest BCUT2D eigenvalue weighted by Crippen LogP contribution is -2.49. The zero-order valence-electron chi connectivity index (χ0n) is 28.0. The van der Waals surface area contributed by atoms with Crippen LogP contribution < -0.4 is 14.4 Å². The molecule has 7 rings (SSSR count). The number of fused-ring (bicyclic) bond motifs is 1. The van der Waals surface area contributed by atoms with Crippen LogP contribution in [0.25, 0.3) is 27.6 Å². The highest BCUT2D eigenvalue weighted by Gasteiger charge is 2.29. The minimum atomic E-state index is -0.801. The average molecular weight is 701 g/mol. The molecular formula is C36H35F3N8O4. The maximum atomic E-state index is 16.6. The van der Waals surface area contributed by atoms with Gasteiger partial charge in [0.1, 0.15) is 11.4 Å². The topological polar surface area (TPSA) is 122 Å². The number of anilines is 1. The number of hydrogen-bond acceptors (Lipinski definition) is 8. The number of benzene rings is 2. The number of ether oxygens (including phenoxy) is 2. The van der Waals surface area contributed by atoms with Crippen LogP contribution in [0.2, 0.25) is 0 Å². The van der Waals surface area contributed by atoms with E-state index in [4.69, 9.17) is 9.47 Å². The van der Waals surface area contributed by atoms with Crippen molar-refractivity contribution in [2.45, 2.75) is 19.4 Å². The smallest absolute Gasteiger partial charge is 0.270 e. The Hall–Kier alpha value is -5.86. The predicted octanol–water partition coefficient (Wildman–Crippen LogP) is 4.92. The third-order valence-electron chi connectivity index (χ3n) is 9.39. The summed E-state index contributed by atoms with van der Waals surface area (Å²) in [5.74, 6) is -2.53. The minimum absolute atomic E-state index is 0.0825. The van der Waals surface area contributed by atoms with Crippen LogP contribution in [0.1, 0.15) is 28.9 Å². The second-order valence-electron chi connectivity index (χ2n) is 12.3. The van der Waals surface area contributed by atoms with Crippen molar-refractivity contribution >= 4 is 34.0 Å². The summed E-state index contributed by atoms with van der Waals surface area (Å²) in [6, 6.07) is 7.55. The standard InChI is InChI=1S/C36H35F3N8O4/c1-50-30-7-9-40-20-26(30)24-18-23(22-4-3-11-46(21-22)31(48)8-12-47-13-10-41-43-47)32(38)34-25(24)19-28(42-34)36(49)45-16-14-44(15-17-45)29-6-5-27(37)35(51-2)33(29)39/h4-7,9-10,13,18-20,42H,3,8,11-12,14-17,21H2,1-2H3. The number of nitrogens with one attached hydrogen (secondary N) is 1. The lowest BCUT2D eigenvalue weighted by atomic mass is 9.93. The summed E-state index contributed by atoms with van der Waals surface area (Å²) in [7, 11) is 2.74. The molecule has 12 nitrogen and oxygen atoms in total. The highest BCUT2D eigenvalue weighted by Crippen LogP contribution is 2.40. The van der Waals surface area contributed by atoms with E-state index in [-0.39, 0.29) is 67.9 Å². The molecule has 2 aliphatic heterocycles. The first kappa shape index (κ1) is 33.6. The number of aromatic amines is 1. The van der Waals surface area contributed by atoms with Crippen LogP contribution >= 0.6 is 0 Å². The summed E-state index contributed by atoms with van der Waals surface area (Å²) in [6.07, 6.45) is 9.16. The Morgan fingerprint density at radius 3 is 2.47 bits per heavy atom. The van der Waals surface area contributed by atoms with Crippen molar-refractivity contribution < 1.29 is 32.2 Å². The molecule has 5 aromatic rings. The Kier molecular flexibility index (Phi) is 9.34. The molecule has 51 heavy (non-hydrogen) atoms. The number of pyridine rings is 1.